The van der Waals surface area contributed by atoms with Crippen molar-refractivity contribution in [2.45, 2.75) is 9.79 Å². The average molecular weight is 373 g/mol. The van der Waals surface area contributed by atoms with Crippen LogP contribution < -0.4 is 0 Å². The van der Waals surface area contributed by atoms with E-state index >= 15 is 0 Å². The zero-order chi connectivity index (χ0) is 17.9. The van der Waals surface area contributed by atoms with E-state index < -0.39 is 0 Å². The van der Waals surface area contributed by atoms with Crippen molar-refractivity contribution in [3.8, 4) is 11.3 Å². The molecule has 26 heavy (non-hydrogen) atoms. The first-order valence-electron chi connectivity index (χ1n) is 8.22. The van der Waals surface area contributed by atoms with Gasteiger partial charge in [-0.1, -0.05) is 54.6 Å². The van der Waals surface area contributed by atoms with Gasteiger partial charge < -0.3 is 0 Å². The summed E-state index contributed by atoms with van der Waals surface area (Å²) in [6, 6.07) is 26.0. The molecule has 0 saturated carbocycles. The summed E-state index contributed by atoms with van der Waals surface area (Å²) in [6.45, 7) is 0. The lowest BCUT2D eigenvalue weighted by Gasteiger charge is -2.07. The third kappa shape index (κ3) is 3.39. The van der Waals surface area contributed by atoms with Crippen molar-refractivity contribution in [1.82, 2.24) is 4.98 Å². The number of aliphatic imine (C=N–C) groups is 1. The fraction of sp³-hybridized carbons (Fsp3) is 0. The molecule has 0 N–H and O–H groups in total. The molecule has 0 radical (unpaired) electrons. The number of para-hydroxylation sites is 1. The van der Waals surface area contributed by atoms with Crippen molar-refractivity contribution in [2.75, 3.05) is 0 Å². The van der Waals surface area contributed by atoms with Gasteiger partial charge in [-0.2, -0.15) is 0 Å². The van der Waals surface area contributed by atoms with Gasteiger partial charge in [0.05, 0.1) is 16.9 Å². The minimum Gasteiger partial charge on any atom is -0.254 e. The molecule has 1 aromatic heterocycles. The Morgan fingerprint density at radius 3 is 2.31 bits per heavy atom. The van der Waals surface area contributed by atoms with Gasteiger partial charge in [0.2, 0.25) is 0 Å². The summed E-state index contributed by atoms with van der Waals surface area (Å²) in [5.74, 6) is 0. The van der Waals surface area contributed by atoms with Gasteiger partial charge >= 0.3 is 0 Å². The summed E-state index contributed by atoms with van der Waals surface area (Å²) in [4.78, 5) is 11.3. The molecule has 2 nitrogen and oxygen atoms in total. The summed E-state index contributed by atoms with van der Waals surface area (Å²) >= 11 is 9.03. The molecule has 4 aromatic rings. The third-order valence-corrected chi connectivity index (χ3v) is 4.96. The predicted octanol–water partition coefficient (Wildman–Crippen LogP) is 6.23. The molecule has 0 fully saturated rings. The van der Waals surface area contributed by atoms with Crippen LogP contribution in [0.15, 0.2) is 93.6 Å². The van der Waals surface area contributed by atoms with Crippen LogP contribution in [0, 0.1) is 0 Å². The van der Waals surface area contributed by atoms with E-state index in [0.29, 0.717) is 0 Å². The van der Waals surface area contributed by atoms with Gasteiger partial charge in [0.1, 0.15) is 0 Å². The number of fused-ring (bicyclic) bond motifs is 1. The highest BCUT2D eigenvalue weighted by Gasteiger charge is 2.07. The van der Waals surface area contributed by atoms with Crippen molar-refractivity contribution >= 4 is 48.1 Å². The lowest BCUT2D eigenvalue weighted by molar-refractivity contribution is 1.34. The molecule has 1 heterocycles. The van der Waals surface area contributed by atoms with E-state index in [-0.39, 0.29) is 0 Å². The van der Waals surface area contributed by atoms with Gasteiger partial charge in [-0.05, 0) is 24.3 Å². The van der Waals surface area contributed by atoms with Crippen molar-refractivity contribution in [2.24, 2.45) is 4.99 Å². The van der Waals surface area contributed by atoms with E-state index in [2.05, 4.69) is 36.3 Å². The van der Waals surface area contributed by atoms with Crippen molar-refractivity contribution < 1.29 is 0 Å². The molecule has 4 rings (SSSR count). The minimum atomic E-state index is 0.831. The topological polar surface area (TPSA) is 25.2 Å². The molecule has 0 aliphatic heterocycles. The lowest BCUT2D eigenvalue weighted by atomic mass is 10.1. The molecular weight excluding hydrogens is 356 g/mol. The molecule has 0 bridgehead atoms. The van der Waals surface area contributed by atoms with Crippen LogP contribution in [0.1, 0.15) is 5.56 Å². The van der Waals surface area contributed by atoms with Crippen LogP contribution in [0.3, 0.4) is 0 Å². The Balaban J connectivity index is 1.82. The second-order valence-electron chi connectivity index (χ2n) is 5.88. The van der Waals surface area contributed by atoms with E-state index in [9.17, 15) is 0 Å². The highest BCUT2D eigenvalue weighted by Crippen LogP contribution is 2.30. The number of nitrogens with zero attached hydrogens (tertiary/aromatic N) is 2. The van der Waals surface area contributed by atoms with E-state index in [0.717, 1.165) is 43.2 Å². The number of hydrogen-bond donors (Lipinski definition) is 2. The van der Waals surface area contributed by atoms with Crippen LogP contribution in [0.2, 0.25) is 0 Å². The normalized spacial score (nSPS) is 11.3. The number of aromatic nitrogens is 1. The fourth-order valence-electron chi connectivity index (χ4n) is 2.81. The molecule has 3 aromatic carbocycles. The van der Waals surface area contributed by atoms with E-state index in [1.54, 1.807) is 0 Å². The first-order chi connectivity index (χ1) is 12.7. The van der Waals surface area contributed by atoms with Gasteiger partial charge in [-0.15, -0.1) is 25.3 Å². The molecule has 126 valence electrons. The average Bonchev–Trinajstić information content (AvgIpc) is 2.67. The second-order valence-corrected chi connectivity index (χ2v) is 6.84. The molecule has 0 aliphatic rings. The Morgan fingerprint density at radius 2 is 1.50 bits per heavy atom. The Labute approximate surface area is 163 Å². The third-order valence-electron chi connectivity index (χ3n) is 4.16. The number of benzene rings is 3. The van der Waals surface area contributed by atoms with Gasteiger partial charge in [0, 0.05) is 32.5 Å². The molecule has 0 saturated heterocycles. The van der Waals surface area contributed by atoms with E-state index in [1.165, 1.54) is 0 Å². The fourth-order valence-corrected chi connectivity index (χ4v) is 3.31. The number of hydrogen-bond acceptors (Lipinski definition) is 4. The zero-order valence-corrected chi connectivity index (χ0v) is 15.7. The Bertz CT molecular complexity index is 1120. The number of rotatable bonds is 3. The Hall–Kier alpha value is -2.56. The molecule has 0 unspecified atom stereocenters. The van der Waals surface area contributed by atoms with Crippen molar-refractivity contribution in [1.29, 1.82) is 0 Å². The van der Waals surface area contributed by atoms with Crippen molar-refractivity contribution in [3.63, 3.8) is 0 Å². The highest BCUT2D eigenvalue weighted by molar-refractivity contribution is 7.80. The highest BCUT2D eigenvalue weighted by atomic mass is 32.1. The Morgan fingerprint density at radius 1 is 0.731 bits per heavy atom. The van der Waals surface area contributed by atoms with Gasteiger partial charge in [0.25, 0.3) is 0 Å². The zero-order valence-electron chi connectivity index (χ0n) is 13.9. The van der Waals surface area contributed by atoms with E-state index in [4.69, 9.17) is 4.98 Å². The van der Waals surface area contributed by atoms with Crippen LogP contribution in [-0.2, 0) is 0 Å². The smallest absolute Gasteiger partial charge is 0.0965 e. The number of pyridine rings is 1. The molecule has 0 aliphatic carbocycles. The van der Waals surface area contributed by atoms with Gasteiger partial charge in [-0.3, -0.25) is 4.99 Å². The molecule has 4 heteroatoms. The van der Waals surface area contributed by atoms with Crippen LogP contribution in [0.25, 0.3) is 22.2 Å². The van der Waals surface area contributed by atoms with Crippen LogP contribution >= 0.6 is 25.3 Å². The largest absolute Gasteiger partial charge is 0.254 e. The van der Waals surface area contributed by atoms with Gasteiger partial charge in [0.15, 0.2) is 0 Å². The molecule has 0 amide bonds. The molecule has 0 spiro atoms. The summed E-state index contributed by atoms with van der Waals surface area (Å²) in [7, 11) is 0. The van der Waals surface area contributed by atoms with Crippen LogP contribution in [0.5, 0.6) is 0 Å². The minimum absolute atomic E-state index is 0.831. The molecular formula is C22H16N2S2. The SMILES string of the molecule is Sc1ccccc1C=Nc1cccc2ccc(-c3ccccc3S)nc12. The maximum atomic E-state index is 4.86. The standard InChI is InChI=1S/C22H16N2S2/c25-20-10-3-1-6-16(20)14-23-19-9-5-7-15-12-13-18(24-22(15)19)17-8-2-4-11-21(17)26/h1-14,25-26H. The first-order valence-corrected chi connectivity index (χ1v) is 9.12. The van der Waals surface area contributed by atoms with Gasteiger partial charge in [-0.25, -0.2) is 4.98 Å². The monoisotopic (exact) mass is 372 g/mol. The number of thiol groups is 2. The van der Waals surface area contributed by atoms with Crippen LogP contribution in [-0.4, -0.2) is 11.2 Å². The first kappa shape index (κ1) is 16.9. The molecule has 0 atom stereocenters. The predicted molar refractivity (Wildman–Crippen MR) is 115 cm³/mol. The van der Waals surface area contributed by atoms with E-state index in [1.807, 2.05) is 79.0 Å². The summed E-state index contributed by atoms with van der Waals surface area (Å²) in [6.07, 6.45) is 1.83. The summed E-state index contributed by atoms with van der Waals surface area (Å²) in [5, 5.41) is 1.05. The quantitative estimate of drug-likeness (QED) is 0.323. The maximum Gasteiger partial charge on any atom is 0.0965 e. The van der Waals surface area contributed by atoms with Crippen LogP contribution in [0.4, 0.5) is 5.69 Å². The summed E-state index contributed by atoms with van der Waals surface area (Å²) in [5.41, 5.74) is 4.58. The van der Waals surface area contributed by atoms with Crippen molar-refractivity contribution in [3.05, 3.63) is 84.4 Å². The Kier molecular flexibility index (Phi) is 4.78. The summed E-state index contributed by atoms with van der Waals surface area (Å²) < 4.78 is 0. The second kappa shape index (κ2) is 7.36. The lowest BCUT2D eigenvalue weighted by Crippen LogP contribution is -1.88. The maximum absolute atomic E-state index is 4.86.